The van der Waals surface area contributed by atoms with Gasteiger partial charge in [-0.25, -0.2) is 29.6 Å². The molecule has 22 heteroatoms. The molecule has 4 unspecified atom stereocenters. The fourth-order valence-corrected chi connectivity index (χ4v) is 7.35. The molecular weight excluding hydrogens is 655 g/mol. The van der Waals surface area contributed by atoms with Crippen molar-refractivity contribution in [2.45, 2.75) is 55.8 Å². The van der Waals surface area contributed by atoms with E-state index in [0.717, 1.165) is 0 Å². The highest BCUT2D eigenvalue weighted by Crippen LogP contribution is 2.49. The van der Waals surface area contributed by atoms with Gasteiger partial charge >= 0.3 is 7.75 Å². The molecule has 262 valence electrons. The highest BCUT2D eigenvalue weighted by molar-refractivity contribution is 7.51. The molecule has 0 radical (unpaired) electrons. The van der Waals surface area contributed by atoms with Crippen LogP contribution in [0.1, 0.15) is 25.3 Å². The summed E-state index contributed by atoms with van der Waals surface area (Å²) in [6.07, 6.45) is -1.81. The molecule has 8 N–H and O–H groups in total. The fourth-order valence-electron chi connectivity index (χ4n) is 5.77. The number of aromatic amines is 1. The zero-order valence-corrected chi connectivity index (χ0v) is 27.3. The lowest BCUT2D eigenvalue weighted by molar-refractivity contribution is -0.0597. The largest absolute Gasteiger partial charge is 0.405 e. The lowest BCUT2D eigenvalue weighted by Gasteiger charge is -2.26. The lowest BCUT2D eigenvalue weighted by Crippen LogP contribution is -2.36. The van der Waals surface area contributed by atoms with E-state index in [1.807, 2.05) is 19.0 Å². The van der Waals surface area contributed by atoms with Crippen LogP contribution in [0, 0.1) is 0 Å². The number of nitrogen functional groups attached to an aromatic ring is 2. The Kier molecular flexibility index (Phi) is 10.0. The van der Waals surface area contributed by atoms with Crippen molar-refractivity contribution in [3.8, 4) is 0 Å². The topological polar surface area (TPSA) is 278 Å². The van der Waals surface area contributed by atoms with Gasteiger partial charge in [0.05, 0.1) is 25.9 Å². The van der Waals surface area contributed by atoms with E-state index >= 15 is 0 Å². The number of H-pyrrole nitrogens is 1. The van der Waals surface area contributed by atoms with Gasteiger partial charge in [-0.3, -0.25) is 28.0 Å². The third-order valence-electron chi connectivity index (χ3n) is 8.14. The van der Waals surface area contributed by atoms with Gasteiger partial charge < -0.3 is 40.8 Å². The summed E-state index contributed by atoms with van der Waals surface area (Å²) >= 11 is 0. The number of nitrogens with two attached hydrogens (primary N) is 2. The zero-order chi connectivity index (χ0) is 34.2. The van der Waals surface area contributed by atoms with Gasteiger partial charge in [0.1, 0.15) is 48.6 Å². The fraction of sp³-hybridized carbons (Fsp3) is 0.615. The second kappa shape index (κ2) is 14.1. The number of nitrogens with zero attached hydrogens (tertiary/aromatic N) is 8. The van der Waals surface area contributed by atoms with Crippen LogP contribution in [-0.4, -0.2) is 132 Å². The molecule has 0 amide bonds. The van der Waals surface area contributed by atoms with Gasteiger partial charge in [-0.15, -0.1) is 0 Å². The van der Waals surface area contributed by atoms with Crippen molar-refractivity contribution in [2.24, 2.45) is 0 Å². The van der Waals surface area contributed by atoms with Crippen LogP contribution >= 0.6 is 7.75 Å². The molecule has 8 atom stereocenters. The number of aliphatic hydroxyl groups excluding tert-OH is 2. The van der Waals surface area contributed by atoms with E-state index in [-0.39, 0.29) is 42.5 Å². The van der Waals surface area contributed by atoms with Crippen LogP contribution in [0.5, 0.6) is 0 Å². The van der Waals surface area contributed by atoms with Crippen molar-refractivity contribution in [2.75, 3.05) is 59.0 Å². The Hall–Kier alpha value is -3.63. The normalized spacial score (nSPS) is 27.4. The molecule has 4 aromatic heterocycles. The van der Waals surface area contributed by atoms with Gasteiger partial charge in [-0.2, -0.15) is 4.98 Å². The van der Waals surface area contributed by atoms with E-state index in [0.29, 0.717) is 24.1 Å². The van der Waals surface area contributed by atoms with Crippen molar-refractivity contribution >= 4 is 41.8 Å². The maximum atomic E-state index is 14.3. The summed E-state index contributed by atoms with van der Waals surface area (Å²) in [5, 5.41) is 24.2. The zero-order valence-electron chi connectivity index (χ0n) is 26.4. The van der Waals surface area contributed by atoms with E-state index in [2.05, 4.69) is 35.0 Å². The van der Waals surface area contributed by atoms with Crippen LogP contribution in [0.25, 0.3) is 22.3 Å². The monoisotopic (exact) mass is 694 g/mol. The minimum Gasteiger partial charge on any atom is -0.394 e. The second-order valence-electron chi connectivity index (χ2n) is 11.7. The molecule has 0 aromatic carbocycles. The minimum absolute atomic E-state index is 0.0525. The first-order chi connectivity index (χ1) is 23.0. The number of rotatable bonds is 14. The van der Waals surface area contributed by atoms with Crippen molar-refractivity contribution in [1.29, 1.82) is 0 Å². The van der Waals surface area contributed by atoms with Gasteiger partial charge in [-0.05, 0) is 27.1 Å². The first-order valence-electron chi connectivity index (χ1n) is 15.1. The molecule has 2 aliphatic heterocycles. The van der Waals surface area contributed by atoms with Gasteiger partial charge in [0.2, 0.25) is 5.95 Å². The molecule has 0 aliphatic carbocycles. The highest BCUT2D eigenvalue weighted by Gasteiger charge is 2.48. The molecule has 2 saturated heterocycles. The summed E-state index contributed by atoms with van der Waals surface area (Å²) in [5.74, 6) is 0.0747. The van der Waals surface area contributed by atoms with Crippen LogP contribution in [-0.2, 0) is 27.8 Å². The Bertz CT molecular complexity index is 1830. The molecule has 2 fully saturated rings. The summed E-state index contributed by atoms with van der Waals surface area (Å²) in [4.78, 5) is 37.4. The summed E-state index contributed by atoms with van der Waals surface area (Å²) in [5.41, 5.74) is 12.1. The van der Waals surface area contributed by atoms with Crippen molar-refractivity contribution in [3.63, 3.8) is 0 Å². The number of hydrogen-bond donors (Lipinski definition) is 6. The number of aromatic nitrogens is 8. The SMILES string of the molecule is COC1C(O)[C@@H](COP(=O)(NCCCN(C)C)OC2C[C@H](n3cnc4c(=O)[nH]c(N)nc43)O[C@@H]2CO)O[C@H]1n1cnc2c(N)ncnc21. The molecule has 0 spiro atoms. The Labute approximate surface area is 273 Å². The van der Waals surface area contributed by atoms with E-state index in [9.17, 15) is 19.6 Å². The molecule has 6 heterocycles. The summed E-state index contributed by atoms with van der Waals surface area (Å²) in [7, 11) is 1.10. The molecule has 0 saturated carbocycles. The van der Waals surface area contributed by atoms with Crippen LogP contribution in [0.4, 0.5) is 11.8 Å². The third kappa shape index (κ3) is 6.79. The predicted octanol–water partition coefficient (Wildman–Crippen LogP) is -1.27. The smallest absolute Gasteiger partial charge is 0.394 e. The molecule has 48 heavy (non-hydrogen) atoms. The Morgan fingerprint density at radius 1 is 1.12 bits per heavy atom. The van der Waals surface area contributed by atoms with E-state index in [1.54, 1.807) is 4.57 Å². The quantitative estimate of drug-likeness (QED) is 0.0663. The highest BCUT2D eigenvalue weighted by atomic mass is 31.2. The molecule has 6 rings (SSSR count). The van der Waals surface area contributed by atoms with Crippen molar-refractivity contribution < 1.29 is 38.0 Å². The van der Waals surface area contributed by atoms with E-state index in [4.69, 9.17) is 34.7 Å². The summed E-state index contributed by atoms with van der Waals surface area (Å²) in [6.45, 7) is 0.115. The Morgan fingerprint density at radius 2 is 1.90 bits per heavy atom. The average Bonchev–Trinajstić information content (AvgIpc) is 3.82. The number of ether oxygens (including phenoxy) is 3. The molecule has 21 nitrogen and oxygen atoms in total. The van der Waals surface area contributed by atoms with Gasteiger partial charge in [0.25, 0.3) is 5.56 Å². The molecular formula is C26H39N12O9P. The lowest BCUT2D eigenvalue weighted by atomic mass is 10.1. The first-order valence-corrected chi connectivity index (χ1v) is 16.7. The predicted molar refractivity (Wildman–Crippen MR) is 168 cm³/mol. The number of fused-ring (bicyclic) bond motifs is 2. The average molecular weight is 695 g/mol. The van der Waals surface area contributed by atoms with Crippen LogP contribution in [0.3, 0.4) is 0 Å². The van der Waals surface area contributed by atoms with Crippen LogP contribution in [0.2, 0.25) is 0 Å². The van der Waals surface area contributed by atoms with Crippen molar-refractivity contribution in [3.05, 3.63) is 29.3 Å². The van der Waals surface area contributed by atoms with E-state index < -0.39 is 62.9 Å². The van der Waals surface area contributed by atoms with Crippen LogP contribution < -0.4 is 22.1 Å². The van der Waals surface area contributed by atoms with Gasteiger partial charge in [0, 0.05) is 20.1 Å². The summed E-state index contributed by atoms with van der Waals surface area (Å²) < 4.78 is 47.1. The number of nitrogens with one attached hydrogen (secondary N) is 2. The summed E-state index contributed by atoms with van der Waals surface area (Å²) in [6, 6.07) is 0. The molecule has 0 bridgehead atoms. The number of methoxy groups -OCH3 is 1. The number of anilines is 2. The minimum atomic E-state index is -4.14. The van der Waals surface area contributed by atoms with Crippen molar-refractivity contribution in [1.82, 2.24) is 49.0 Å². The number of imidazole rings is 2. The molecule has 4 aromatic rings. The maximum Gasteiger partial charge on any atom is 0.405 e. The number of hydrogen-bond acceptors (Lipinski definition) is 17. The molecule has 2 aliphatic rings. The maximum absolute atomic E-state index is 14.3. The first kappa shape index (κ1) is 34.2. The Balaban J connectivity index is 1.19. The standard InChI is InChI=1S/C26H39N12O9P/c1-36(2)6-4-5-33-48(42,47-13-7-16(45-14(13)8-39)37-11-32-18-23(37)34-26(28)35-24(18)41)44-9-15-19(40)20(43-3)25(46-15)38-12-31-17-21(27)29-10-30-22(17)38/h10-16,19-20,25,39-40H,4-9H2,1-3H3,(H,33,42)(H2,27,29,30)(H3,28,34,35,41)/t13?,14-,15-,16-,19?,20?,25-,48?/m1/s1. The number of aliphatic hydroxyl groups is 2. The third-order valence-corrected chi connectivity index (χ3v) is 9.79. The van der Waals surface area contributed by atoms with Gasteiger partial charge in [-0.1, -0.05) is 0 Å². The Morgan fingerprint density at radius 3 is 2.65 bits per heavy atom. The second-order valence-corrected chi connectivity index (χ2v) is 13.4. The van der Waals surface area contributed by atoms with Crippen LogP contribution in [0.15, 0.2) is 23.8 Å². The van der Waals surface area contributed by atoms with E-state index in [1.165, 1.54) is 30.7 Å². The van der Waals surface area contributed by atoms with Gasteiger partial charge in [0.15, 0.2) is 28.9 Å².